The van der Waals surface area contributed by atoms with E-state index >= 15 is 0 Å². The van der Waals surface area contributed by atoms with E-state index in [9.17, 15) is 19.4 Å². The quantitative estimate of drug-likeness (QED) is 0.710. The SMILES string of the molecule is CCc1c(-c2ccc(O)c(F)c2)c(=O)oc2cc(O)ccc12. The molecule has 22 heavy (non-hydrogen) atoms. The van der Waals surface area contributed by atoms with Crippen LogP contribution in [0.1, 0.15) is 12.5 Å². The van der Waals surface area contributed by atoms with E-state index < -0.39 is 17.2 Å². The standard InChI is InChI=1S/C17H13FO4/c1-2-11-12-5-4-10(19)8-15(12)22-17(21)16(11)9-3-6-14(20)13(18)7-9/h3-8,19-20H,2H2,1H3. The second-order valence-corrected chi connectivity index (χ2v) is 4.94. The van der Waals surface area contributed by atoms with Crippen LogP contribution in [0, 0.1) is 5.82 Å². The summed E-state index contributed by atoms with van der Waals surface area (Å²) in [5.41, 5.74) is 0.983. The second-order valence-electron chi connectivity index (χ2n) is 4.94. The van der Waals surface area contributed by atoms with E-state index in [4.69, 9.17) is 4.42 Å². The van der Waals surface area contributed by atoms with Crippen molar-refractivity contribution in [2.24, 2.45) is 0 Å². The molecule has 0 saturated carbocycles. The Hall–Kier alpha value is -2.82. The fourth-order valence-electron chi connectivity index (χ4n) is 2.58. The number of phenols is 2. The maximum atomic E-state index is 13.6. The predicted octanol–water partition coefficient (Wildman–Crippen LogP) is 3.57. The summed E-state index contributed by atoms with van der Waals surface area (Å²) in [6, 6.07) is 8.31. The molecule has 0 amide bonds. The third kappa shape index (κ3) is 2.20. The van der Waals surface area contributed by atoms with Gasteiger partial charge in [0.2, 0.25) is 0 Å². The van der Waals surface area contributed by atoms with Gasteiger partial charge in [0.25, 0.3) is 0 Å². The van der Waals surface area contributed by atoms with Gasteiger partial charge in [-0.25, -0.2) is 9.18 Å². The minimum atomic E-state index is -0.801. The van der Waals surface area contributed by atoms with E-state index in [1.54, 1.807) is 6.07 Å². The topological polar surface area (TPSA) is 70.7 Å². The Morgan fingerprint density at radius 2 is 1.91 bits per heavy atom. The van der Waals surface area contributed by atoms with Gasteiger partial charge in [0, 0.05) is 11.5 Å². The van der Waals surface area contributed by atoms with Crippen molar-refractivity contribution >= 4 is 11.0 Å². The average Bonchev–Trinajstić information content (AvgIpc) is 2.48. The van der Waals surface area contributed by atoms with Gasteiger partial charge in [0.1, 0.15) is 11.3 Å². The molecule has 5 heteroatoms. The molecule has 0 unspecified atom stereocenters. The Morgan fingerprint density at radius 3 is 2.59 bits per heavy atom. The van der Waals surface area contributed by atoms with Crippen LogP contribution in [0.25, 0.3) is 22.1 Å². The van der Waals surface area contributed by atoms with Gasteiger partial charge in [-0.2, -0.15) is 0 Å². The zero-order valence-electron chi connectivity index (χ0n) is 11.8. The monoisotopic (exact) mass is 300 g/mol. The van der Waals surface area contributed by atoms with E-state index in [1.807, 2.05) is 6.92 Å². The van der Waals surface area contributed by atoms with Crippen LogP contribution < -0.4 is 5.63 Å². The maximum absolute atomic E-state index is 13.6. The van der Waals surface area contributed by atoms with Crippen LogP contribution in [0.15, 0.2) is 45.6 Å². The molecule has 0 bridgehead atoms. The summed E-state index contributed by atoms with van der Waals surface area (Å²) in [6.07, 6.45) is 0.532. The molecule has 1 aromatic heterocycles. The van der Waals surface area contributed by atoms with E-state index in [2.05, 4.69) is 0 Å². The molecule has 0 aliphatic carbocycles. The highest BCUT2D eigenvalue weighted by molar-refractivity contribution is 5.87. The summed E-state index contributed by atoms with van der Waals surface area (Å²) < 4.78 is 18.8. The summed E-state index contributed by atoms with van der Waals surface area (Å²) in [5.74, 6) is -1.28. The van der Waals surface area contributed by atoms with E-state index in [1.165, 1.54) is 24.3 Å². The Balaban J connectivity index is 2.38. The number of rotatable bonds is 2. The fraction of sp³-hybridized carbons (Fsp3) is 0.118. The first-order valence-electron chi connectivity index (χ1n) is 6.79. The van der Waals surface area contributed by atoms with Crippen molar-refractivity contribution in [1.29, 1.82) is 0 Å². The Morgan fingerprint density at radius 1 is 1.14 bits per heavy atom. The lowest BCUT2D eigenvalue weighted by Crippen LogP contribution is -2.07. The van der Waals surface area contributed by atoms with Gasteiger partial charge in [-0.1, -0.05) is 13.0 Å². The smallest absolute Gasteiger partial charge is 0.344 e. The fourth-order valence-corrected chi connectivity index (χ4v) is 2.58. The molecule has 3 rings (SSSR count). The number of aromatic hydroxyl groups is 2. The lowest BCUT2D eigenvalue weighted by atomic mass is 9.96. The van der Waals surface area contributed by atoms with Crippen molar-refractivity contribution in [2.45, 2.75) is 13.3 Å². The van der Waals surface area contributed by atoms with Gasteiger partial charge in [0.05, 0.1) is 5.56 Å². The normalized spacial score (nSPS) is 11.0. The van der Waals surface area contributed by atoms with Crippen LogP contribution in [0.5, 0.6) is 11.5 Å². The van der Waals surface area contributed by atoms with Crippen molar-refractivity contribution in [1.82, 2.24) is 0 Å². The highest BCUT2D eigenvalue weighted by Gasteiger charge is 2.16. The van der Waals surface area contributed by atoms with Gasteiger partial charge in [-0.3, -0.25) is 0 Å². The highest BCUT2D eigenvalue weighted by Crippen LogP contribution is 2.31. The number of fused-ring (bicyclic) bond motifs is 1. The molecule has 0 saturated heterocycles. The summed E-state index contributed by atoms with van der Waals surface area (Å²) in [5, 5.41) is 19.5. The summed E-state index contributed by atoms with van der Waals surface area (Å²) in [6.45, 7) is 1.88. The lowest BCUT2D eigenvalue weighted by Gasteiger charge is -2.10. The molecule has 1 heterocycles. The molecule has 2 aromatic carbocycles. The number of benzene rings is 2. The van der Waals surface area contributed by atoms with Gasteiger partial charge < -0.3 is 14.6 Å². The van der Waals surface area contributed by atoms with Crippen molar-refractivity contribution < 1.29 is 19.0 Å². The number of phenolic OH excluding ortho intramolecular Hbond substituents is 2. The van der Waals surface area contributed by atoms with Crippen LogP contribution in [0.3, 0.4) is 0 Å². The van der Waals surface area contributed by atoms with Crippen molar-refractivity contribution in [2.75, 3.05) is 0 Å². The summed E-state index contributed by atoms with van der Waals surface area (Å²) in [4.78, 5) is 12.3. The Bertz CT molecular complexity index is 928. The average molecular weight is 300 g/mol. The summed E-state index contributed by atoms with van der Waals surface area (Å²) >= 11 is 0. The minimum absolute atomic E-state index is 0.00105. The van der Waals surface area contributed by atoms with Crippen LogP contribution in [-0.4, -0.2) is 10.2 Å². The van der Waals surface area contributed by atoms with E-state index in [0.29, 0.717) is 22.9 Å². The first-order chi connectivity index (χ1) is 10.5. The third-order valence-corrected chi connectivity index (χ3v) is 3.59. The number of aryl methyl sites for hydroxylation is 1. The molecule has 0 spiro atoms. The maximum Gasteiger partial charge on any atom is 0.344 e. The molecule has 4 nitrogen and oxygen atoms in total. The molecule has 0 aliphatic heterocycles. The Kier molecular flexibility index (Phi) is 3.33. The van der Waals surface area contributed by atoms with Gasteiger partial charge in [0.15, 0.2) is 11.6 Å². The zero-order chi connectivity index (χ0) is 15.9. The van der Waals surface area contributed by atoms with Crippen molar-refractivity contribution in [3.63, 3.8) is 0 Å². The molecule has 2 N–H and O–H groups in total. The zero-order valence-corrected chi connectivity index (χ0v) is 11.8. The summed E-state index contributed by atoms with van der Waals surface area (Å²) in [7, 11) is 0. The molecule has 0 atom stereocenters. The predicted molar refractivity (Wildman–Crippen MR) is 80.6 cm³/mol. The van der Waals surface area contributed by atoms with Crippen LogP contribution in [0.4, 0.5) is 4.39 Å². The van der Waals surface area contributed by atoms with E-state index in [-0.39, 0.29) is 16.9 Å². The molecule has 112 valence electrons. The van der Waals surface area contributed by atoms with Crippen molar-refractivity contribution in [3.8, 4) is 22.6 Å². The number of hydrogen-bond acceptors (Lipinski definition) is 4. The molecule has 0 fully saturated rings. The van der Waals surface area contributed by atoms with E-state index in [0.717, 1.165) is 6.07 Å². The molecule has 0 radical (unpaired) electrons. The number of halogens is 1. The van der Waals surface area contributed by atoms with Gasteiger partial charge >= 0.3 is 5.63 Å². The molecule has 3 aromatic rings. The molecular formula is C17H13FO4. The first kappa shape index (κ1) is 14.1. The van der Waals surface area contributed by atoms with Gasteiger partial charge in [-0.15, -0.1) is 0 Å². The first-order valence-corrected chi connectivity index (χ1v) is 6.79. The van der Waals surface area contributed by atoms with Gasteiger partial charge in [-0.05, 0) is 41.8 Å². The number of hydrogen-bond donors (Lipinski definition) is 2. The molecular weight excluding hydrogens is 287 g/mol. The van der Waals surface area contributed by atoms with Crippen LogP contribution in [-0.2, 0) is 6.42 Å². The minimum Gasteiger partial charge on any atom is -0.508 e. The second kappa shape index (κ2) is 5.18. The Labute approximate surface area is 125 Å². The largest absolute Gasteiger partial charge is 0.508 e. The highest BCUT2D eigenvalue weighted by atomic mass is 19.1. The molecule has 0 aliphatic rings. The van der Waals surface area contributed by atoms with Crippen LogP contribution in [0.2, 0.25) is 0 Å². The van der Waals surface area contributed by atoms with Crippen LogP contribution >= 0.6 is 0 Å². The third-order valence-electron chi connectivity index (χ3n) is 3.59. The van der Waals surface area contributed by atoms with Crippen molar-refractivity contribution in [3.05, 3.63) is 58.2 Å². The lowest BCUT2D eigenvalue weighted by molar-refractivity contribution is 0.432.